The maximum Gasteiger partial charge on any atom is 0.326 e. The highest BCUT2D eigenvalue weighted by molar-refractivity contribution is 6.13. The van der Waals surface area contributed by atoms with Crippen molar-refractivity contribution in [3.05, 3.63) is 35.5 Å². The van der Waals surface area contributed by atoms with Crippen molar-refractivity contribution in [2.45, 2.75) is 0 Å². The normalized spacial score (nSPS) is 17.7. The van der Waals surface area contributed by atoms with Crippen molar-refractivity contribution in [1.29, 1.82) is 0 Å². The van der Waals surface area contributed by atoms with Gasteiger partial charge in [-0.25, -0.2) is 4.79 Å². The van der Waals surface area contributed by atoms with Crippen LogP contribution in [-0.4, -0.2) is 11.9 Å². The summed E-state index contributed by atoms with van der Waals surface area (Å²) in [7, 11) is 0. The number of nitrogen functional groups attached to an aromatic ring is 1. The summed E-state index contributed by atoms with van der Waals surface area (Å²) in [5, 5.41) is 4.51. The van der Waals surface area contributed by atoms with Crippen molar-refractivity contribution in [3.63, 3.8) is 0 Å². The highest BCUT2D eigenvalue weighted by atomic mass is 16.2. The van der Waals surface area contributed by atoms with Crippen LogP contribution in [0.1, 0.15) is 5.56 Å². The Kier molecular flexibility index (Phi) is 2.13. The quantitative estimate of drug-likeness (QED) is 0.352. The fourth-order valence-corrected chi connectivity index (χ4v) is 1.24. The zero-order chi connectivity index (χ0) is 10.8. The Morgan fingerprint density at radius 1 is 1.07 bits per heavy atom. The molecule has 0 radical (unpaired) electrons. The Morgan fingerprint density at radius 2 is 1.73 bits per heavy atom. The molecule has 3 amide bonds. The first kappa shape index (κ1) is 9.26. The Hall–Kier alpha value is -2.30. The average molecular weight is 203 g/mol. The summed E-state index contributed by atoms with van der Waals surface area (Å²) in [6, 6.07) is 6.48. The van der Waals surface area contributed by atoms with Gasteiger partial charge in [-0.3, -0.25) is 10.1 Å². The molecule has 1 aliphatic heterocycles. The van der Waals surface area contributed by atoms with Crippen LogP contribution in [0.3, 0.4) is 0 Å². The third kappa shape index (κ3) is 1.96. The lowest BCUT2D eigenvalue weighted by atomic mass is 10.2. The molecule has 4 N–H and O–H groups in total. The minimum atomic E-state index is -0.498. The SMILES string of the molecule is Nc1ccc(/C=C2\NC(=O)NC2=O)cc1. The Morgan fingerprint density at radius 3 is 2.27 bits per heavy atom. The zero-order valence-electron chi connectivity index (χ0n) is 7.78. The van der Waals surface area contributed by atoms with E-state index in [0.717, 1.165) is 5.56 Å². The minimum Gasteiger partial charge on any atom is -0.399 e. The molecular weight excluding hydrogens is 194 g/mol. The third-order valence-corrected chi connectivity index (χ3v) is 1.97. The lowest BCUT2D eigenvalue weighted by molar-refractivity contribution is -0.115. The number of imide groups is 1. The molecule has 1 aromatic rings. The van der Waals surface area contributed by atoms with Gasteiger partial charge in [0.05, 0.1) is 0 Å². The van der Waals surface area contributed by atoms with Gasteiger partial charge in [-0.2, -0.15) is 0 Å². The highest BCUT2D eigenvalue weighted by Gasteiger charge is 2.22. The summed E-state index contributed by atoms with van der Waals surface area (Å²) in [5.74, 6) is -0.420. The van der Waals surface area contributed by atoms with Crippen LogP contribution in [0.4, 0.5) is 10.5 Å². The Labute approximate surface area is 86.0 Å². The van der Waals surface area contributed by atoms with E-state index in [9.17, 15) is 9.59 Å². The van der Waals surface area contributed by atoms with E-state index in [4.69, 9.17) is 5.73 Å². The Bertz CT molecular complexity index is 448. The lowest BCUT2D eigenvalue weighted by Gasteiger charge is -1.96. The van der Waals surface area contributed by atoms with E-state index in [0.29, 0.717) is 5.69 Å². The lowest BCUT2D eigenvalue weighted by Crippen LogP contribution is -2.22. The number of carbonyl (C=O) groups excluding carboxylic acids is 2. The monoisotopic (exact) mass is 203 g/mol. The van der Waals surface area contributed by atoms with E-state index < -0.39 is 11.9 Å². The molecule has 1 heterocycles. The van der Waals surface area contributed by atoms with Gasteiger partial charge in [0.25, 0.3) is 5.91 Å². The van der Waals surface area contributed by atoms with Crippen molar-refractivity contribution in [3.8, 4) is 0 Å². The van der Waals surface area contributed by atoms with E-state index in [1.807, 2.05) is 0 Å². The number of anilines is 1. The van der Waals surface area contributed by atoms with Gasteiger partial charge in [0, 0.05) is 5.69 Å². The van der Waals surface area contributed by atoms with Crippen LogP contribution in [-0.2, 0) is 4.79 Å². The molecular formula is C10H9N3O2. The molecule has 1 saturated heterocycles. The second-order valence-electron chi connectivity index (χ2n) is 3.13. The number of urea groups is 1. The first-order valence-electron chi connectivity index (χ1n) is 4.35. The second-order valence-corrected chi connectivity index (χ2v) is 3.13. The van der Waals surface area contributed by atoms with Crippen LogP contribution in [0.15, 0.2) is 30.0 Å². The zero-order valence-corrected chi connectivity index (χ0v) is 7.78. The van der Waals surface area contributed by atoms with Gasteiger partial charge in [-0.1, -0.05) is 12.1 Å². The molecule has 1 aliphatic rings. The van der Waals surface area contributed by atoms with Gasteiger partial charge < -0.3 is 11.1 Å². The molecule has 0 saturated carbocycles. The van der Waals surface area contributed by atoms with Gasteiger partial charge in [-0.15, -0.1) is 0 Å². The first-order valence-corrected chi connectivity index (χ1v) is 4.35. The van der Waals surface area contributed by atoms with Crippen molar-refractivity contribution in [2.75, 3.05) is 5.73 Å². The summed E-state index contributed by atoms with van der Waals surface area (Å²) in [4.78, 5) is 22.0. The number of rotatable bonds is 1. The maximum absolute atomic E-state index is 11.2. The molecule has 15 heavy (non-hydrogen) atoms. The molecule has 0 atom stereocenters. The van der Waals surface area contributed by atoms with Crippen LogP contribution >= 0.6 is 0 Å². The van der Waals surface area contributed by atoms with Crippen LogP contribution in [0, 0.1) is 0 Å². The maximum atomic E-state index is 11.2. The molecule has 2 rings (SSSR count). The molecule has 1 aromatic carbocycles. The predicted octanol–water partition coefficient (Wildman–Crippen LogP) is 0.449. The van der Waals surface area contributed by atoms with Crippen LogP contribution < -0.4 is 16.4 Å². The fraction of sp³-hybridized carbons (Fsp3) is 0. The van der Waals surface area contributed by atoms with Crippen molar-refractivity contribution in [1.82, 2.24) is 10.6 Å². The van der Waals surface area contributed by atoms with Crippen molar-refractivity contribution >= 4 is 23.7 Å². The van der Waals surface area contributed by atoms with Crippen molar-refractivity contribution < 1.29 is 9.59 Å². The van der Waals surface area contributed by atoms with Gasteiger partial charge in [0.1, 0.15) is 5.70 Å². The standard InChI is InChI=1S/C10H9N3O2/c11-7-3-1-6(2-4-7)5-8-9(14)13-10(15)12-8/h1-5H,11H2,(H2,12,13,14,15)/b8-5-. The molecule has 1 fully saturated rings. The van der Waals surface area contributed by atoms with E-state index in [1.54, 1.807) is 30.3 Å². The number of benzene rings is 1. The minimum absolute atomic E-state index is 0.241. The van der Waals surface area contributed by atoms with Gasteiger partial charge in [-0.05, 0) is 23.8 Å². The number of nitrogens with one attached hydrogen (secondary N) is 2. The fourth-order valence-electron chi connectivity index (χ4n) is 1.24. The molecule has 5 heteroatoms. The van der Waals surface area contributed by atoms with Gasteiger partial charge >= 0.3 is 6.03 Å². The summed E-state index contributed by atoms with van der Waals surface area (Å²) < 4.78 is 0. The Balaban J connectivity index is 2.27. The average Bonchev–Trinajstić information content (AvgIpc) is 2.49. The second kappa shape index (κ2) is 3.45. The van der Waals surface area contributed by atoms with Gasteiger partial charge in [0.15, 0.2) is 0 Å². The van der Waals surface area contributed by atoms with E-state index in [-0.39, 0.29) is 5.70 Å². The summed E-state index contributed by atoms with van der Waals surface area (Å²) in [6.45, 7) is 0. The summed E-state index contributed by atoms with van der Waals surface area (Å²) in [5.41, 5.74) is 7.21. The van der Waals surface area contributed by atoms with E-state index in [2.05, 4.69) is 10.6 Å². The number of nitrogens with two attached hydrogens (primary N) is 1. The summed E-state index contributed by atoms with van der Waals surface area (Å²) >= 11 is 0. The number of amides is 3. The molecule has 5 nitrogen and oxygen atoms in total. The molecule has 0 aromatic heterocycles. The number of carbonyl (C=O) groups is 2. The first-order chi connectivity index (χ1) is 7.15. The van der Waals surface area contributed by atoms with Crippen LogP contribution in [0.5, 0.6) is 0 Å². The molecule has 0 spiro atoms. The topological polar surface area (TPSA) is 84.2 Å². The molecule has 0 bridgehead atoms. The third-order valence-electron chi connectivity index (χ3n) is 1.97. The summed E-state index contributed by atoms with van der Waals surface area (Å²) in [6.07, 6.45) is 1.58. The van der Waals surface area contributed by atoms with E-state index in [1.165, 1.54) is 0 Å². The molecule has 0 unspecified atom stereocenters. The highest BCUT2D eigenvalue weighted by Crippen LogP contribution is 2.10. The van der Waals surface area contributed by atoms with Crippen LogP contribution in [0.25, 0.3) is 6.08 Å². The predicted molar refractivity (Wildman–Crippen MR) is 55.5 cm³/mol. The molecule has 0 aliphatic carbocycles. The number of hydrogen-bond donors (Lipinski definition) is 3. The van der Waals surface area contributed by atoms with Gasteiger partial charge in [0.2, 0.25) is 0 Å². The largest absolute Gasteiger partial charge is 0.399 e. The number of hydrogen-bond acceptors (Lipinski definition) is 3. The van der Waals surface area contributed by atoms with E-state index >= 15 is 0 Å². The molecule has 76 valence electrons. The van der Waals surface area contributed by atoms with Crippen LogP contribution in [0.2, 0.25) is 0 Å². The smallest absolute Gasteiger partial charge is 0.326 e. The van der Waals surface area contributed by atoms with Crippen molar-refractivity contribution in [2.24, 2.45) is 0 Å².